The molecular weight excluding hydrogens is 423 g/mol. The average molecular weight is 451 g/mol. The van der Waals surface area contributed by atoms with Crippen molar-refractivity contribution in [3.8, 4) is 5.75 Å². The molecule has 0 radical (unpaired) electrons. The number of nitrogens with zero attached hydrogens (tertiary/aromatic N) is 1. The highest BCUT2D eigenvalue weighted by atomic mass is 35.5. The van der Waals surface area contributed by atoms with Crippen molar-refractivity contribution < 1.29 is 14.3 Å². The SMILES string of the molecule is CC[C@@H](C(=O)NC(C)(C)C)N(Cc1c(Cl)cccc1Cl)C(=O)COc1ccccc1. The number of carbonyl (C=O) groups excluding carboxylic acids is 2. The molecule has 0 aliphatic carbocycles. The molecule has 0 saturated heterocycles. The Morgan fingerprint density at radius 1 is 1.03 bits per heavy atom. The Balaban J connectivity index is 2.30. The lowest BCUT2D eigenvalue weighted by Crippen LogP contribution is -2.54. The van der Waals surface area contributed by atoms with E-state index in [9.17, 15) is 9.59 Å². The Morgan fingerprint density at radius 3 is 2.17 bits per heavy atom. The molecule has 2 amide bonds. The Morgan fingerprint density at radius 2 is 1.63 bits per heavy atom. The number of nitrogens with one attached hydrogen (secondary N) is 1. The minimum Gasteiger partial charge on any atom is -0.484 e. The van der Waals surface area contributed by atoms with E-state index in [1.807, 2.05) is 45.9 Å². The highest BCUT2D eigenvalue weighted by Crippen LogP contribution is 2.27. The maximum atomic E-state index is 13.1. The summed E-state index contributed by atoms with van der Waals surface area (Å²) in [5.41, 5.74) is 0.165. The summed E-state index contributed by atoms with van der Waals surface area (Å²) >= 11 is 12.7. The smallest absolute Gasteiger partial charge is 0.261 e. The second kappa shape index (κ2) is 10.7. The molecule has 0 fully saturated rings. The molecular formula is C23H28Cl2N2O3. The van der Waals surface area contributed by atoms with Gasteiger partial charge in [-0.05, 0) is 51.5 Å². The molecule has 2 aromatic rings. The van der Waals surface area contributed by atoms with Crippen molar-refractivity contribution in [2.45, 2.75) is 52.2 Å². The average Bonchev–Trinajstić information content (AvgIpc) is 2.67. The van der Waals surface area contributed by atoms with Crippen molar-refractivity contribution in [1.29, 1.82) is 0 Å². The molecule has 0 aliphatic heterocycles. The highest BCUT2D eigenvalue weighted by molar-refractivity contribution is 6.36. The number of ether oxygens (including phenoxy) is 1. The second-order valence-electron chi connectivity index (χ2n) is 7.99. The van der Waals surface area contributed by atoms with E-state index < -0.39 is 11.6 Å². The first-order valence-corrected chi connectivity index (χ1v) is 10.6. The van der Waals surface area contributed by atoms with Gasteiger partial charge in [-0.15, -0.1) is 0 Å². The number of hydrogen-bond donors (Lipinski definition) is 1. The largest absolute Gasteiger partial charge is 0.484 e. The molecule has 2 rings (SSSR count). The van der Waals surface area contributed by atoms with Gasteiger partial charge in [-0.2, -0.15) is 0 Å². The van der Waals surface area contributed by atoms with Gasteiger partial charge < -0.3 is 15.0 Å². The Kier molecular flexibility index (Phi) is 8.56. The van der Waals surface area contributed by atoms with E-state index in [0.717, 1.165) is 0 Å². The van der Waals surface area contributed by atoms with Crippen molar-refractivity contribution in [3.63, 3.8) is 0 Å². The number of hydrogen-bond acceptors (Lipinski definition) is 3. The van der Waals surface area contributed by atoms with E-state index in [2.05, 4.69) is 5.32 Å². The zero-order valence-corrected chi connectivity index (χ0v) is 19.3. The standard InChI is InChI=1S/C23H28Cl2N2O3/c1-5-20(22(29)26-23(2,3)4)27(14-17-18(24)12-9-13-19(17)25)21(28)15-30-16-10-7-6-8-11-16/h6-13,20H,5,14-15H2,1-4H3,(H,26,29)/t20-/m0/s1. The molecule has 0 unspecified atom stereocenters. The number of amides is 2. The van der Waals surface area contributed by atoms with E-state index >= 15 is 0 Å². The molecule has 0 bridgehead atoms. The number of benzene rings is 2. The van der Waals surface area contributed by atoms with Gasteiger partial charge in [-0.3, -0.25) is 9.59 Å². The van der Waals surface area contributed by atoms with Gasteiger partial charge in [0.2, 0.25) is 5.91 Å². The predicted molar refractivity (Wildman–Crippen MR) is 121 cm³/mol. The maximum Gasteiger partial charge on any atom is 0.261 e. The van der Waals surface area contributed by atoms with Crippen LogP contribution in [0, 0.1) is 0 Å². The van der Waals surface area contributed by atoms with Crippen LogP contribution < -0.4 is 10.1 Å². The van der Waals surface area contributed by atoms with Crippen LogP contribution in [-0.2, 0) is 16.1 Å². The van der Waals surface area contributed by atoms with Gasteiger partial charge in [0.15, 0.2) is 6.61 Å². The number of para-hydroxylation sites is 1. The van der Waals surface area contributed by atoms with Gasteiger partial charge in [0.05, 0.1) is 0 Å². The fraction of sp³-hybridized carbons (Fsp3) is 0.391. The third kappa shape index (κ3) is 6.92. The van der Waals surface area contributed by atoms with Crippen molar-refractivity contribution in [2.75, 3.05) is 6.61 Å². The lowest BCUT2D eigenvalue weighted by molar-refractivity contribution is -0.143. The van der Waals surface area contributed by atoms with Crippen LogP contribution in [0.4, 0.5) is 0 Å². The summed E-state index contributed by atoms with van der Waals surface area (Å²) in [5, 5.41) is 3.83. The fourth-order valence-electron chi connectivity index (χ4n) is 2.97. The normalized spacial score (nSPS) is 12.2. The van der Waals surface area contributed by atoms with Crippen molar-refractivity contribution in [2.24, 2.45) is 0 Å². The van der Waals surface area contributed by atoms with Gasteiger partial charge >= 0.3 is 0 Å². The Hall–Kier alpha value is -2.24. The zero-order valence-electron chi connectivity index (χ0n) is 17.7. The molecule has 1 atom stereocenters. The molecule has 0 heterocycles. The van der Waals surface area contributed by atoms with Gasteiger partial charge in [0, 0.05) is 27.7 Å². The quantitative estimate of drug-likeness (QED) is 0.608. The topological polar surface area (TPSA) is 58.6 Å². The van der Waals surface area contributed by atoms with Crippen molar-refractivity contribution in [3.05, 3.63) is 64.1 Å². The number of halogens is 2. The fourth-order valence-corrected chi connectivity index (χ4v) is 3.49. The number of rotatable bonds is 8. The van der Waals surface area contributed by atoms with Crippen molar-refractivity contribution >= 4 is 35.0 Å². The van der Waals surface area contributed by atoms with E-state index in [-0.39, 0.29) is 25.0 Å². The first-order chi connectivity index (χ1) is 14.1. The van der Waals surface area contributed by atoms with Crippen LogP contribution in [0.3, 0.4) is 0 Å². The molecule has 30 heavy (non-hydrogen) atoms. The van der Waals surface area contributed by atoms with Gasteiger partial charge in [0.1, 0.15) is 11.8 Å². The third-order valence-electron chi connectivity index (χ3n) is 4.38. The summed E-state index contributed by atoms with van der Waals surface area (Å²) in [5.74, 6) is 0.0146. The number of carbonyl (C=O) groups is 2. The lowest BCUT2D eigenvalue weighted by atomic mass is 10.1. The van der Waals surface area contributed by atoms with E-state index in [0.29, 0.717) is 27.8 Å². The van der Waals surface area contributed by atoms with Crippen LogP contribution >= 0.6 is 23.2 Å². The zero-order chi connectivity index (χ0) is 22.3. The van der Waals surface area contributed by atoms with Crippen molar-refractivity contribution in [1.82, 2.24) is 10.2 Å². The molecule has 0 saturated carbocycles. The van der Waals surface area contributed by atoms with E-state index in [4.69, 9.17) is 27.9 Å². The lowest BCUT2D eigenvalue weighted by Gasteiger charge is -2.33. The predicted octanol–water partition coefficient (Wildman–Crippen LogP) is 5.09. The summed E-state index contributed by atoms with van der Waals surface area (Å²) in [6, 6.07) is 13.5. The second-order valence-corrected chi connectivity index (χ2v) is 8.80. The molecule has 0 spiro atoms. The molecule has 2 aromatic carbocycles. The van der Waals surface area contributed by atoms with Gasteiger partial charge in [-0.25, -0.2) is 0 Å². The molecule has 5 nitrogen and oxygen atoms in total. The molecule has 162 valence electrons. The van der Waals surface area contributed by atoms with Crippen LogP contribution in [0.15, 0.2) is 48.5 Å². The van der Waals surface area contributed by atoms with Crippen LogP contribution in [0.1, 0.15) is 39.7 Å². The summed E-state index contributed by atoms with van der Waals surface area (Å²) in [6.07, 6.45) is 0.432. The first-order valence-electron chi connectivity index (χ1n) is 9.84. The minimum atomic E-state index is -0.691. The summed E-state index contributed by atoms with van der Waals surface area (Å²) in [4.78, 5) is 27.6. The monoisotopic (exact) mass is 450 g/mol. The van der Waals surface area contributed by atoms with Gasteiger partial charge in [-0.1, -0.05) is 54.4 Å². The van der Waals surface area contributed by atoms with E-state index in [1.54, 1.807) is 30.3 Å². The third-order valence-corrected chi connectivity index (χ3v) is 5.09. The Bertz CT molecular complexity index is 846. The van der Waals surface area contributed by atoms with Gasteiger partial charge in [0.25, 0.3) is 5.91 Å². The molecule has 0 aliphatic rings. The van der Waals surface area contributed by atoms with Crippen LogP contribution in [0.25, 0.3) is 0 Å². The molecule has 7 heteroatoms. The highest BCUT2D eigenvalue weighted by Gasteiger charge is 2.31. The summed E-state index contributed by atoms with van der Waals surface area (Å²) in [6.45, 7) is 7.45. The maximum absolute atomic E-state index is 13.1. The molecule has 0 aromatic heterocycles. The molecule has 1 N–H and O–H groups in total. The first kappa shape index (κ1) is 24.0. The minimum absolute atomic E-state index is 0.103. The van der Waals surface area contributed by atoms with Crippen LogP contribution in [0.5, 0.6) is 5.75 Å². The summed E-state index contributed by atoms with van der Waals surface area (Å²) in [7, 11) is 0. The van der Waals surface area contributed by atoms with Crippen LogP contribution in [-0.4, -0.2) is 34.9 Å². The summed E-state index contributed by atoms with van der Waals surface area (Å²) < 4.78 is 5.63. The Labute approximate surface area is 188 Å². The van der Waals surface area contributed by atoms with E-state index in [1.165, 1.54) is 4.90 Å². The van der Waals surface area contributed by atoms with Crippen LogP contribution in [0.2, 0.25) is 10.0 Å².